The highest BCUT2D eigenvalue weighted by Crippen LogP contribution is 2.37. The Kier molecular flexibility index (Phi) is 13.1. The van der Waals surface area contributed by atoms with Crippen LogP contribution in [-0.4, -0.2) is 47.6 Å². The van der Waals surface area contributed by atoms with Crippen molar-refractivity contribution in [1.82, 2.24) is 15.3 Å². The smallest absolute Gasteiger partial charge is 0.305 e. The number of amides is 1. The second-order valence-electron chi connectivity index (χ2n) is 10.3. The molecule has 0 radical (unpaired) electrons. The zero-order chi connectivity index (χ0) is 33.8. The number of anilines is 1. The summed E-state index contributed by atoms with van der Waals surface area (Å²) in [5, 5.41) is 26.5. The van der Waals surface area contributed by atoms with Crippen LogP contribution in [0.5, 0.6) is 0 Å². The normalized spacial score (nSPS) is 11.3. The highest BCUT2D eigenvalue weighted by molar-refractivity contribution is 7.98. The number of aryl methyl sites for hydroxylation is 1. The van der Waals surface area contributed by atoms with Gasteiger partial charge in [-0.25, -0.2) is 9.97 Å². The number of esters is 1. The molecule has 2 aromatic carbocycles. The summed E-state index contributed by atoms with van der Waals surface area (Å²) < 4.78 is 5.29. The number of nitrogens with one attached hydrogen (secondary N) is 1. The van der Waals surface area contributed by atoms with Crippen LogP contribution in [0, 0.1) is 22.7 Å². The van der Waals surface area contributed by atoms with E-state index in [0.29, 0.717) is 52.9 Å². The monoisotopic (exact) mass is 688 g/mol. The van der Waals surface area contributed by atoms with E-state index in [1.165, 1.54) is 23.1 Å². The number of rotatable bonds is 15. The topological polar surface area (TPSA) is 207 Å². The second-order valence-corrected chi connectivity index (χ2v) is 12.6. The molecule has 0 saturated carbocycles. The van der Waals surface area contributed by atoms with Gasteiger partial charge < -0.3 is 27.3 Å². The summed E-state index contributed by atoms with van der Waals surface area (Å²) in [5.41, 5.74) is 21.6. The molecule has 0 aliphatic heterocycles. The third kappa shape index (κ3) is 9.75. The first-order valence-corrected chi connectivity index (χ1v) is 16.9. The first-order chi connectivity index (χ1) is 22.7. The lowest BCUT2D eigenvalue weighted by Crippen LogP contribution is -2.42. The first-order valence-electron chi connectivity index (χ1n) is 14.7. The van der Waals surface area contributed by atoms with E-state index in [4.69, 9.17) is 38.5 Å². The standard InChI is InChI=1S/C33H33ClN8O3S2/c34-23-9-7-22(8-10-23)32-41-24(18-46-32)19-47-33-26(17-37)29(25(16-36)30(39)42-33)21-5-3-20(4-6-21)2-1-15-45-28(43)12-11-27(38)31(44)40-14-13-35/h3-10,18,27H,1-2,11-15,19,35,38H2,(H2,39,42)(H,40,44)/t27-/m1/s1. The highest BCUT2D eigenvalue weighted by atomic mass is 35.5. The zero-order valence-corrected chi connectivity index (χ0v) is 27.8. The number of ether oxygens (including phenoxy) is 1. The summed E-state index contributed by atoms with van der Waals surface area (Å²) >= 11 is 8.85. The van der Waals surface area contributed by atoms with Gasteiger partial charge in [0.2, 0.25) is 5.91 Å². The number of halogens is 1. The number of thiazole rings is 1. The van der Waals surface area contributed by atoms with Gasteiger partial charge in [-0.3, -0.25) is 9.59 Å². The molecule has 1 amide bonds. The largest absolute Gasteiger partial charge is 0.466 e. The highest BCUT2D eigenvalue weighted by Gasteiger charge is 2.21. The van der Waals surface area contributed by atoms with Crippen LogP contribution in [0.25, 0.3) is 21.7 Å². The number of carbonyl (C=O) groups excluding carboxylic acids is 2. The molecule has 0 fully saturated rings. The van der Waals surface area contributed by atoms with E-state index >= 15 is 0 Å². The molecule has 242 valence electrons. The minimum absolute atomic E-state index is 0.0396. The van der Waals surface area contributed by atoms with Gasteiger partial charge in [-0.1, -0.05) is 59.8 Å². The minimum Gasteiger partial charge on any atom is -0.466 e. The summed E-state index contributed by atoms with van der Waals surface area (Å²) in [5.74, 6) is -0.264. The molecule has 2 aromatic heterocycles. The number of carbonyl (C=O) groups is 2. The average molecular weight is 689 g/mol. The van der Waals surface area contributed by atoms with Crippen LogP contribution in [0.15, 0.2) is 58.9 Å². The van der Waals surface area contributed by atoms with Gasteiger partial charge in [0.1, 0.15) is 33.6 Å². The third-order valence-corrected chi connectivity index (χ3v) is 9.17. The Morgan fingerprint density at radius 2 is 1.74 bits per heavy atom. The van der Waals surface area contributed by atoms with Crippen LogP contribution in [0.3, 0.4) is 0 Å². The van der Waals surface area contributed by atoms with Crippen molar-refractivity contribution in [2.24, 2.45) is 11.5 Å². The Labute approximate surface area is 286 Å². The van der Waals surface area contributed by atoms with Crippen molar-refractivity contribution in [3.05, 3.63) is 81.3 Å². The lowest BCUT2D eigenvalue weighted by Gasteiger charge is -2.13. The molecule has 4 rings (SSSR count). The van der Waals surface area contributed by atoms with Gasteiger partial charge in [-0.2, -0.15) is 10.5 Å². The number of nitrogens with zero attached hydrogens (tertiary/aromatic N) is 4. The molecule has 0 bridgehead atoms. The SMILES string of the molecule is N#Cc1c(N)nc(SCc2csc(-c3ccc(Cl)cc3)n2)c(C#N)c1-c1ccc(CCCOC(=O)CC[C@@H](N)C(=O)NCCN)cc1. The van der Waals surface area contributed by atoms with Gasteiger partial charge >= 0.3 is 5.97 Å². The number of pyridine rings is 1. The van der Waals surface area contributed by atoms with Crippen molar-refractivity contribution in [2.45, 2.75) is 42.5 Å². The Morgan fingerprint density at radius 3 is 2.43 bits per heavy atom. The zero-order valence-electron chi connectivity index (χ0n) is 25.4. The maximum absolute atomic E-state index is 12.1. The molecular formula is C33H33ClN8O3S2. The molecule has 0 unspecified atom stereocenters. The van der Waals surface area contributed by atoms with Gasteiger partial charge in [0.05, 0.1) is 23.9 Å². The maximum atomic E-state index is 12.1. The van der Waals surface area contributed by atoms with Gasteiger partial charge in [0.25, 0.3) is 0 Å². The van der Waals surface area contributed by atoms with Gasteiger partial charge in [-0.15, -0.1) is 11.3 Å². The fourth-order valence-electron chi connectivity index (χ4n) is 4.54. The van der Waals surface area contributed by atoms with E-state index in [1.54, 1.807) is 0 Å². The van der Waals surface area contributed by atoms with Crippen molar-refractivity contribution in [1.29, 1.82) is 10.5 Å². The van der Waals surface area contributed by atoms with Crippen molar-refractivity contribution in [3.63, 3.8) is 0 Å². The molecule has 0 aliphatic carbocycles. The van der Waals surface area contributed by atoms with Gasteiger partial charge in [0.15, 0.2) is 0 Å². The summed E-state index contributed by atoms with van der Waals surface area (Å²) in [6.45, 7) is 0.856. The number of benzene rings is 2. The predicted octanol–water partition coefficient (Wildman–Crippen LogP) is 4.80. The number of hydrogen-bond donors (Lipinski definition) is 4. The number of nitrogen functional groups attached to an aromatic ring is 1. The summed E-state index contributed by atoms with van der Waals surface area (Å²) in [6.07, 6.45) is 1.44. The van der Waals surface area contributed by atoms with Crippen molar-refractivity contribution in [3.8, 4) is 33.8 Å². The van der Waals surface area contributed by atoms with Crippen LogP contribution < -0.4 is 22.5 Å². The molecule has 2 heterocycles. The van der Waals surface area contributed by atoms with E-state index in [-0.39, 0.29) is 42.3 Å². The van der Waals surface area contributed by atoms with Crippen LogP contribution in [0.1, 0.15) is 41.6 Å². The van der Waals surface area contributed by atoms with Crippen LogP contribution in [0.2, 0.25) is 5.02 Å². The van der Waals surface area contributed by atoms with E-state index in [1.807, 2.05) is 53.9 Å². The van der Waals surface area contributed by atoms with E-state index in [0.717, 1.165) is 21.8 Å². The minimum atomic E-state index is -0.798. The van der Waals surface area contributed by atoms with Crippen molar-refractivity contribution >= 4 is 52.4 Å². The summed E-state index contributed by atoms with van der Waals surface area (Å²) in [4.78, 5) is 33.0. The molecule has 47 heavy (non-hydrogen) atoms. The molecule has 0 spiro atoms. The number of thioether (sulfide) groups is 1. The van der Waals surface area contributed by atoms with E-state index in [9.17, 15) is 20.1 Å². The van der Waals surface area contributed by atoms with Crippen molar-refractivity contribution in [2.75, 3.05) is 25.4 Å². The lowest BCUT2D eigenvalue weighted by molar-refractivity contribution is -0.144. The molecule has 11 nitrogen and oxygen atoms in total. The number of hydrogen-bond acceptors (Lipinski definition) is 12. The number of aromatic nitrogens is 2. The number of nitrogens with two attached hydrogens (primary N) is 3. The first kappa shape index (κ1) is 35.4. The Hall–Kier alpha value is -4.50. The summed E-state index contributed by atoms with van der Waals surface area (Å²) in [6, 6.07) is 18.5. The van der Waals surface area contributed by atoms with Crippen LogP contribution in [-0.2, 0) is 26.5 Å². The second kappa shape index (κ2) is 17.4. The fourth-order valence-corrected chi connectivity index (χ4v) is 6.48. The molecular weight excluding hydrogens is 656 g/mol. The molecule has 4 aromatic rings. The molecule has 0 aliphatic rings. The fraction of sp³-hybridized carbons (Fsp3) is 0.273. The maximum Gasteiger partial charge on any atom is 0.305 e. The molecule has 0 saturated heterocycles. The Morgan fingerprint density at radius 1 is 1.04 bits per heavy atom. The van der Waals surface area contributed by atoms with E-state index < -0.39 is 12.0 Å². The Bertz CT molecular complexity index is 1780. The lowest BCUT2D eigenvalue weighted by atomic mass is 9.95. The average Bonchev–Trinajstić information content (AvgIpc) is 3.56. The van der Waals surface area contributed by atoms with Crippen LogP contribution in [0.4, 0.5) is 5.82 Å². The molecule has 1 atom stereocenters. The van der Waals surface area contributed by atoms with Gasteiger partial charge in [0, 0.05) is 46.8 Å². The van der Waals surface area contributed by atoms with E-state index in [2.05, 4.69) is 22.4 Å². The number of nitriles is 2. The van der Waals surface area contributed by atoms with Crippen molar-refractivity contribution < 1.29 is 14.3 Å². The Balaban J connectivity index is 1.37. The molecule has 7 N–H and O–H groups in total. The third-order valence-electron chi connectivity index (χ3n) is 6.97. The van der Waals surface area contributed by atoms with Crippen LogP contribution >= 0.6 is 34.7 Å². The summed E-state index contributed by atoms with van der Waals surface area (Å²) in [7, 11) is 0. The van der Waals surface area contributed by atoms with Gasteiger partial charge in [-0.05, 0) is 42.5 Å². The molecule has 14 heteroatoms. The predicted molar refractivity (Wildman–Crippen MR) is 184 cm³/mol. The quantitative estimate of drug-likeness (QED) is 0.0757.